The van der Waals surface area contributed by atoms with Crippen LogP contribution in [0.5, 0.6) is 0 Å². The van der Waals surface area contributed by atoms with E-state index < -0.39 is 0 Å². The molecule has 8 heteroatoms. The molecule has 0 radical (unpaired) electrons. The van der Waals surface area contributed by atoms with E-state index in [0.717, 1.165) is 4.88 Å². The van der Waals surface area contributed by atoms with Gasteiger partial charge in [0.2, 0.25) is 0 Å². The largest absolute Gasteiger partial charge is 0.374 e. The van der Waals surface area contributed by atoms with Gasteiger partial charge in [-0.1, -0.05) is 46.6 Å². The van der Waals surface area contributed by atoms with E-state index in [1.807, 2.05) is 18.2 Å². The molecule has 1 aromatic carbocycles. The first-order chi connectivity index (χ1) is 12.5. The summed E-state index contributed by atoms with van der Waals surface area (Å²) in [4.78, 5) is 13.7. The van der Waals surface area contributed by atoms with Gasteiger partial charge < -0.3 is 14.6 Å². The number of ether oxygens (including phenoxy) is 1. The number of nitrogens with one attached hydrogen (secondary N) is 1. The van der Waals surface area contributed by atoms with Gasteiger partial charge in [0.1, 0.15) is 23.1 Å². The third kappa shape index (κ3) is 3.94. The summed E-state index contributed by atoms with van der Waals surface area (Å²) in [5.41, 5.74) is 1.42. The first-order valence-electron chi connectivity index (χ1n) is 7.78. The number of aryl methyl sites for hydroxylation is 1. The molecule has 26 heavy (non-hydrogen) atoms. The van der Waals surface area contributed by atoms with Crippen molar-refractivity contribution in [1.29, 1.82) is 0 Å². The average Bonchev–Trinajstić information content (AvgIpc) is 3.22. The molecule has 0 saturated carbocycles. The summed E-state index contributed by atoms with van der Waals surface area (Å²) in [6.07, 6.45) is -0.291. The summed E-state index contributed by atoms with van der Waals surface area (Å²) < 4.78 is 11.4. The van der Waals surface area contributed by atoms with E-state index in [1.165, 1.54) is 11.3 Å². The van der Waals surface area contributed by atoms with E-state index in [9.17, 15) is 4.79 Å². The molecule has 0 spiro atoms. The van der Waals surface area contributed by atoms with Gasteiger partial charge in [0, 0.05) is 24.1 Å². The molecule has 1 unspecified atom stereocenters. The van der Waals surface area contributed by atoms with E-state index in [4.69, 9.17) is 32.5 Å². The van der Waals surface area contributed by atoms with Gasteiger partial charge in [-0.15, -0.1) is 11.3 Å². The van der Waals surface area contributed by atoms with Crippen molar-refractivity contribution in [3.05, 3.63) is 62.0 Å². The van der Waals surface area contributed by atoms with Gasteiger partial charge in [0.15, 0.2) is 0 Å². The Morgan fingerprint density at radius 3 is 2.73 bits per heavy atom. The molecule has 0 aliphatic carbocycles. The number of hydrogen-bond donors (Lipinski definition) is 1. The zero-order chi connectivity index (χ0) is 18.7. The van der Waals surface area contributed by atoms with Crippen LogP contribution < -0.4 is 5.32 Å². The number of nitrogens with zero attached hydrogens (tertiary/aromatic N) is 1. The summed E-state index contributed by atoms with van der Waals surface area (Å²) in [5.74, 6) is 0.119. The summed E-state index contributed by atoms with van der Waals surface area (Å²) in [7, 11) is 1.59. The van der Waals surface area contributed by atoms with Gasteiger partial charge in [-0.2, -0.15) is 0 Å². The number of thiophene rings is 1. The fourth-order valence-corrected chi connectivity index (χ4v) is 3.92. The maximum atomic E-state index is 12.8. The smallest absolute Gasteiger partial charge is 0.257 e. The Morgan fingerprint density at radius 2 is 2.08 bits per heavy atom. The van der Waals surface area contributed by atoms with Crippen molar-refractivity contribution in [2.45, 2.75) is 13.0 Å². The minimum atomic E-state index is -0.302. The van der Waals surface area contributed by atoms with Gasteiger partial charge in [-0.05, 0) is 25.1 Å². The minimum absolute atomic E-state index is 0.290. The number of methoxy groups -OCH3 is 1. The summed E-state index contributed by atoms with van der Waals surface area (Å²) >= 11 is 13.6. The van der Waals surface area contributed by atoms with Gasteiger partial charge in [-0.3, -0.25) is 4.79 Å². The zero-order valence-electron chi connectivity index (χ0n) is 14.1. The first kappa shape index (κ1) is 18.9. The molecule has 1 amide bonds. The Kier molecular flexibility index (Phi) is 5.98. The molecule has 0 saturated heterocycles. The average molecular weight is 411 g/mol. The van der Waals surface area contributed by atoms with E-state index in [1.54, 1.807) is 32.2 Å². The van der Waals surface area contributed by atoms with E-state index in [0.29, 0.717) is 38.5 Å². The van der Waals surface area contributed by atoms with E-state index in [-0.39, 0.29) is 12.0 Å². The standard InChI is InChI=1S/C18H16Cl2N2O3S/c1-10-16(17(22-25-10)11-5-3-4-6-12(11)19)18(23)21-9-13(24-2)14-7-8-15(20)26-14/h3-8,13H,9H2,1-2H3,(H,21,23). The first-order valence-corrected chi connectivity index (χ1v) is 9.36. The van der Waals surface area contributed by atoms with Gasteiger partial charge in [-0.25, -0.2) is 0 Å². The highest BCUT2D eigenvalue weighted by molar-refractivity contribution is 7.16. The maximum absolute atomic E-state index is 12.8. The summed E-state index contributed by atoms with van der Waals surface area (Å²) in [6, 6.07) is 10.9. The third-order valence-electron chi connectivity index (χ3n) is 3.86. The topological polar surface area (TPSA) is 64.4 Å². The fraction of sp³-hybridized carbons (Fsp3) is 0.222. The van der Waals surface area contributed by atoms with Crippen molar-refractivity contribution in [1.82, 2.24) is 10.5 Å². The van der Waals surface area contributed by atoms with Crippen LogP contribution in [0.2, 0.25) is 9.36 Å². The molecule has 5 nitrogen and oxygen atoms in total. The molecule has 2 heterocycles. The number of rotatable bonds is 6. The lowest BCUT2D eigenvalue weighted by Crippen LogP contribution is -2.29. The molecule has 0 fully saturated rings. The van der Waals surface area contributed by atoms with Crippen LogP contribution in [0.3, 0.4) is 0 Å². The highest BCUT2D eigenvalue weighted by atomic mass is 35.5. The molecule has 3 aromatic rings. The maximum Gasteiger partial charge on any atom is 0.257 e. The van der Waals surface area contributed by atoms with Gasteiger partial charge >= 0.3 is 0 Å². The second-order valence-electron chi connectivity index (χ2n) is 5.52. The van der Waals surface area contributed by atoms with Crippen LogP contribution in [0, 0.1) is 6.92 Å². The Bertz CT molecular complexity index is 923. The van der Waals surface area contributed by atoms with Crippen molar-refractivity contribution in [3.8, 4) is 11.3 Å². The number of hydrogen-bond acceptors (Lipinski definition) is 5. The minimum Gasteiger partial charge on any atom is -0.374 e. The van der Waals surface area contributed by atoms with E-state index in [2.05, 4.69) is 10.5 Å². The lowest BCUT2D eigenvalue weighted by atomic mass is 10.1. The lowest BCUT2D eigenvalue weighted by molar-refractivity contribution is 0.0837. The number of halogens is 2. The molecule has 136 valence electrons. The zero-order valence-corrected chi connectivity index (χ0v) is 16.4. The van der Waals surface area contributed by atoms with Crippen LogP contribution in [0.1, 0.15) is 27.1 Å². The molecule has 0 bridgehead atoms. The highest BCUT2D eigenvalue weighted by Crippen LogP contribution is 2.31. The van der Waals surface area contributed by atoms with Crippen molar-refractivity contribution >= 4 is 40.4 Å². The van der Waals surface area contributed by atoms with Crippen LogP contribution in [-0.4, -0.2) is 24.7 Å². The molecule has 1 atom stereocenters. The van der Waals surface area contributed by atoms with Crippen molar-refractivity contribution in [2.75, 3.05) is 13.7 Å². The van der Waals surface area contributed by atoms with Crippen molar-refractivity contribution in [2.24, 2.45) is 0 Å². The molecular weight excluding hydrogens is 395 g/mol. The van der Waals surface area contributed by atoms with Crippen LogP contribution in [0.15, 0.2) is 40.9 Å². The van der Waals surface area contributed by atoms with Gasteiger partial charge in [0.25, 0.3) is 5.91 Å². The fourth-order valence-electron chi connectivity index (χ4n) is 2.55. The molecule has 1 N–H and O–H groups in total. The Hall–Kier alpha value is -1.86. The monoisotopic (exact) mass is 410 g/mol. The number of carbonyl (C=O) groups is 1. The predicted molar refractivity (Wildman–Crippen MR) is 103 cm³/mol. The number of aromatic nitrogens is 1. The SMILES string of the molecule is COC(CNC(=O)c1c(-c2ccccc2Cl)noc1C)c1ccc(Cl)s1. The number of benzene rings is 1. The summed E-state index contributed by atoms with van der Waals surface area (Å²) in [6.45, 7) is 1.98. The van der Waals surface area contributed by atoms with Gasteiger partial charge in [0.05, 0.1) is 9.36 Å². The molecular formula is C18H16Cl2N2O3S. The van der Waals surface area contributed by atoms with Crippen LogP contribution in [0.25, 0.3) is 11.3 Å². The van der Waals surface area contributed by atoms with Crippen molar-refractivity contribution in [3.63, 3.8) is 0 Å². The molecule has 0 aliphatic heterocycles. The van der Waals surface area contributed by atoms with E-state index >= 15 is 0 Å². The van der Waals surface area contributed by atoms with Crippen LogP contribution in [0.4, 0.5) is 0 Å². The molecule has 2 aromatic heterocycles. The second-order valence-corrected chi connectivity index (χ2v) is 7.67. The Balaban J connectivity index is 1.80. The van der Waals surface area contributed by atoms with Crippen molar-refractivity contribution < 1.29 is 14.1 Å². The quantitative estimate of drug-likeness (QED) is 0.610. The number of amides is 1. The Labute approximate surface area is 164 Å². The second kappa shape index (κ2) is 8.22. The van der Waals surface area contributed by atoms with Crippen LogP contribution >= 0.6 is 34.5 Å². The highest BCUT2D eigenvalue weighted by Gasteiger charge is 2.24. The number of carbonyl (C=O) groups excluding carboxylic acids is 1. The predicted octanol–water partition coefficient (Wildman–Crippen LogP) is 5.14. The molecule has 3 rings (SSSR count). The molecule has 0 aliphatic rings. The third-order valence-corrected chi connectivity index (χ3v) is 5.52. The lowest BCUT2D eigenvalue weighted by Gasteiger charge is -2.14. The Morgan fingerprint density at radius 1 is 1.31 bits per heavy atom. The van der Waals surface area contributed by atoms with Crippen LogP contribution in [-0.2, 0) is 4.74 Å². The summed E-state index contributed by atoms with van der Waals surface area (Å²) in [5, 5.41) is 7.38. The normalized spacial score (nSPS) is 12.2.